The second kappa shape index (κ2) is 1.51. The Morgan fingerprint density at radius 3 is 3.33 bits per heavy atom. The van der Waals surface area contributed by atoms with Gasteiger partial charge < -0.3 is 4.42 Å². The molecule has 0 fully saturated rings. The highest BCUT2D eigenvalue weighted by Gasteiger charge is 2.03. The molecule has 9 heavy (non-hydrogen) atoms. The number of aromatic nitrogens is 3. The van der Waals surface area contributed by atoms with E-state index in [9.17, 15) is 0 Å². The van der Waals surface area contributed by atoms with E-state index in [0.717, 1.165) is 5.56 Å². The lowest BCUT2D eigenvalue weighted by atomic mass is 10.4. The normalized spacial score (nSPS) is 10.2. The molecule has 2 aliphatic heterocycles. The fourth-order valence-corrected chi connectivity index (χ4v) is 0.629. The molecule has 0 saturated heterocycles. The van der Waals surface area contributed by atoms with Crippen LogP contribution in [0, 0.1) is 0 Å². The lowest BCUT2D eigenvalue weighted by Crippen LogP contribution is -1.79. The molecule has 2 aliphatic rings. The summed E-state index contributed by atoms with van der Waals surface area (Å²) in [5.41, 5.74) is 0.831. The molecule has 0 spiro atoms. The van der Waals surface area contributed by atoms with Crippen molar-refractivity contribution in [2.24, 2.45) is 0 Å². The third-order valence-corrected chi connectivity index (χ3v) is 1.04. The van der Waals surface area contributed by atoms with Crippen molar-refractivity contribution in [1.82, 2.24) is 15.2 Å². The molecular formula is C5H3N3O. The Morgan fingerprint density at radius 1 is 1.44 bits per heavy atom. The predicted octanol–water partition coefficient (Wildman–Crippen LogP) is 0.569. The van der Waals surface area contributed by atoms with Crippen LogP contribution in [0.3, 0.4) is 0 Å². The van der Waals surface area contributed by atoms with Gasteiger partial charge in [-0.1, -0.05) is 0 Å². The van der Waals surface area contributed by atoms with Crippen LogP contribution in [0.4, 0.5) is 0 Å². The maximum absolute atomic E-state index is 4.76. The monoisotopic (exact) mass is 121 g/mol. The first-order valence-electron chi connectivity index (χ1n) is 2.46. The smallest absolute Gasteiger partial charge is 0.189 e. The van der Waals surface area contributed by atoms with Crippen LogP contribution in [0.2, 0.25) is 0 Å². The Kier molecular flexibility index (Phi) is 0.745. The number of hydrogen-bond donors (Lipinski definition) is 0. The topological polar surface area (TPSA) is 51.8 Å². The summed E-state index contributed by atoms with van der Waals surface area (Å²) >= 11 is 0. The zero-order valence-electron chi connectivity index (χ0n) is 4.48. The first kappa shape index (κ1) is 4.43. The maximum Gasteiger partial charge on any atom is 0.189 e. The molecule has 0 aromatic carbocycles. The van der Waals surface area contributed by atoms with Crippen LogP contribution >= 0.6 is 0 Å². The molecule has 4 heteroatoms. The van der Waals surface area contributed by atoms with Crippen molar-refractivity contribution in [2.75, 3.05) is 0 Å². The van der Waals surface area contributed by atoms with E-state index in [0.29, 0.717) is 5.82 Å². The van der Waals surface area contributed by atoms with Crippen molar-refractivity contribution >= 4 is 0 Å². The molecule has 0 radical (unpaired) electrons. The second-order valence-corrected chi connectivity index (χ2v) is 1.61. The first-order chi connectivity index (χ1) is 4.47. The summed E-state index contributed by atoms with van der Waals surface area (Å²) in [6, 6.07) is 0. The van der Waals surface area contributed by atoms with Gasteiger partial charge in [0.05, 0.1) is 11.8 Å². The zero-order valence-corrected chi connectivity index (χ0v) is 4.48. The van der Waals surface area contributed by atoms with Crippen molar-refractivity contribution < 1.29 is 4.42 Å². The maximum atomic E-state index is 4.76. The third-order valence-electron chi connectivity index (χ3n) is 1.04. The van der Waals surface area contributed by atoms with Gasteiger partial charge in [-0.2, -0.15) is 10.1 Å². The average molecular weight is 121 g/mol. The van der Waals surface area contributed by atoms with Gasteiger partial charge >= 0.3 is 0 Å². The molecule has 4 nitrogen and oxygen atoms in total. The molecule has 0 saturated carbocycles. The second-order valence-electron chi connectivity index (χ2n) is 1.61. The summed E-state index contributed by atoms with van der Waals surface area (Å²) in [7, 11) is 0. The van der Waals surface area contributed by atoms with Crippen LogP contribution in [0.5, 0.6) is 0 Å². The zero-order chi connectivity index (χ0) is 6.10. The van der Waals surface area contributed by atoms with E-state index in [-0.39, 0.29) is 0 Å². The standard InChI is InChI=1S/C5H3N3O/c1-4-2-9-3-6-5(4)8-7-1/h1-3H. The van der Waals surface area contributed by atoms with E-state index in [4.69, 9.17) is 4.42 Å². The number of fused-ring (bicyclic) bond motifs is 1. The van der Waals surface area contributed by atoms with Gasteiger partial charge in [-0.15, -0.1) is 5.10 Å². The molecule has 0 unspecified atom stereocenters. The summed E-state index contributed by atoms with van der Waals surface area (Å²) in [6.07, 6.45) is 4.49. The number of rotatable bonds is 0. The van der Waals surface area contributed by atoms with E-state index < -0.39 is 0 Å². The van der Waals surface area contributed by atoms with E-state index >= 15 is 0 Å². The Balaban J connectivity index is 2.79. The third kappa shape index (κ3) is 0.561. The van der Waals surface area contributed by atoms with Crippen molar-refractivity contribution in [2.45, 2.75) is 0 Å². The summed E-state index contributed by atoms with van der Waals surface area (Å²) in [6.45, 7) is 0. The fourth-order valence-electron chi connectivity index (χ4n) is 0.629. The first-order valence-corrected chi connectivity index (χ1v) is 2.46. The SMILES string of the molecule is c1nc2nncc-2co1. The van der Waals surface area contributed by atoms with Crippen molar-refractivity contribution in [3.05, 3.63) is 18.9 Å². The minimum atomic E-state index is 0.626. The molecule has 0 amide bonds. The van der Waals surface area contributed by atoms with E-state index in [1.54, 1.807) is 12.5 Å². The molecule has 2 heterocycles. The van der Waals surface area contributed by atoms with E-state index in [1.807, 2.05) is 0 Å². The van der Waals surface area contributed by atoms with Gasteiger partial charge in [-0.25, -0.2) is 0 Å². The summed E-state index contributed by atoms with van der Waals surface area (Å²) < 4.78 is 4.76. The van der Waals surface area contributed by atoms with Crippen molar-refractivity contribution in [3.63, 3.8) is 0 Å². The molecular weight excluding hydrogens is 118 g/mol. The van der Waals surface area contributed by atoms with Gasteiger partial charge in [0.25, 0.3) is 0 Å². The molecule has 0 aromatic rings. The largest absolute Gasteiger partial charge is 0.453 e. The van der Waals surface area contributed by atoms with Crippen LogP contribution < -0.4 is 0 Å². The van der Waals surface area contributed by atoms with E-state index in [2.05, 4.69) is 15.2 Å². The van der Waals surface area contributed by atoms with Crippen molar-refractivity contribution in [1.29, 1.82) is 0 Å². The molecule has 2 rings (SSSR count). The molecule has 0 bridgehead atoms. The van der Waals surface area contributed by atoms with Crippen LogP contribution in [-0.2, 0) is 0 Å². The Labute approximate surface area is 50.9 Å². The van der Waals surface area contributed by atoms with Crippen molar-refractivity contribution in [3.8, 4) is 11.4 Å². The highest BCUT2D eigenvalue weighted by molar-refractivity contribution is 5.50. The van der Waals surface area contributed by atoms with Gasteiger partial charge in [-0.3, -0.25) is 0 Å². The summed E-state index contributed by atoms with van der Waals surface area (Å²) in [5, 5.41) is 7.33. The Morgan fingerprint density at radius 2 is 2.44 bits per heavy atom. The minimum Gasteiger partial charge on any atom is -0.453 e. The number of nitrogens with zero attached hydrogens (tertiary/aromatic N) is 3. The van der Waals surface area contributed by atoms with Gasteiger partial charge in [0.2, 0.25) is 0 Å². The predicted molar refractivity (Wildman–Crippen MR) is 28.7 cm³/mol. The van der Waals surface area contributed by atoms with Gasteiger partial charge in [-0.05, 0) is 0 Å². The van der Waals surface area contributed by atoms with E-state index in [1.165, 1.54) is 6.39 Å². The molecule has 0 N–H and O–H groups in total. The summed E-state index contributed by atoms with van der Waals surface area (Å²) in [5.74, 6) is 0.626. The lowest BCUT2D eigenvalue weighted by Gasteiger charge is -1.86. The summed E-state index contributed by atoms with van der Waals surface area (Å²) in [4.78, 5) is 3.80. The highest BCUT2D eigenvalue weighted by Crippen LogP contribution is 2.11. The lowest BCUT2D eigenvalue weighted by molar-refractivity contribution is 0.528. The highest BCUT2D eigenvalue weighted by atomic mass is 16.3. The average Bonchev–Trinajstić information content (AvgIpc) is 2.33. The van der Waals surface area contributed by atoms with Gasteiger partial charge in [0, 0.05) is 0 Å². The fraction of sp³-hybridized carbons (Fsp3) is 0. The Hall–Kier alpha value is -1.45. The Bertz CT molecular complexity index is 252. The quantitative estimate of drug-likeness (QED) is 0.511. The van der Waals surface area contributed by atoms with Crippen LogP contribution in [0.15, 0.2) is 23.3 Å². The van der Waals surface area contributed by atoms with Gasteiger partial charge in [0.15, 0.2) is 12.2 Å². The van der Waals surface area contributed by atoms with Crippen LogP contribution in [0.1, 0.15) is 0 Å². The number of hydrogen-bond acceptors (Lipinski definition) is 4. The van der Waals surface area contributed by atoms with Crippen LogP contribution in [0.25, 0.3) is 11.4 Å². The molecule has 0 atom stereocenters. The minimum absolute atomic E-state index is 0.626. The molecule has 0 aromatic heterocycles. The van der Waals surface area contributed by atoms with Gasteiger partial charge in [0.1, 0.15) is 6.26 Å². The molecule has 0 aliphatic carbocycles. The molecule has 44 valence electrons. The van der Waals surface area contributed by atoms with Crippen LogP contribution in [-0.4, -0.2) is 15.2 Å².